The first-order valence-electron chi connectivity index (χ1n) is 7.31. The zero-order valence-electron chi connectivity index (χ0n) is 12.8. The van der Waals surface area contributed by atoms with Gasteiger partial charge in [0.25, 0.3) is 0 Å². The molecule has 6 heteroatoms. The summed E-state index contributed by atoms with van der Waals surface area (Å²) in [6.07, 6.45) is 2.19. The van der Waals surface area contributed by atoms with Gasteiger partial charge in [-0.3, -0.25) is 0 Å². The molecule has 0 aromatic carbocycles. The number of ether oxygens (including phenoxy) is 1. The molecule has 2 heterocycles. The fourth-order valence-electron chi connectivity index (χ4n) is 2.23. The van der Waals surface area contributed by atoms with Gasteiger partial charge in [0.2, 0.25) is 5.82 Å². The Hall–Kier alpha value is -1.69. The van der Waals surface area contributed by atoms with E-state index in [2.05, 4.69) is 15.3 Å². The SMILES string of the molecule is CC(C)(C)c1cc(NCC2CCCOC2)nc(C(=O)O)n1. The lowest BCUT2D eigenvalue weighted by atomic mass is 9.92. The molecule has 21 heavy (non-hydrogen) atoms. The average molecular weight is 293 g/mol. The summed E-state index contributed by atoms with van der Waals surface area (Å²) in [5.41, 5.74) is 0.495. The number of aromatic nitrogens is 2. The number of rotatable bonds is 4. The fourth-order valence-corrected chi connectivity index (χ4v) is 2.23. The van der Waals surface area contributed by atoms with Gasteiger partial charge in [0.05, 0.1) is 12.3 Å². The summed E-state index contributed by atoms with van der Waals surface area (Å²) in [5, 5.41) is 12.4. The first-order chi connectivity index (χ1) is 9.86. The molecule has 2 rings (SSSR count). The van der Waals surface area contributed by atoms with Crippen molar-refractivity contribution in [2.24, 2.45) is 5.92 Å². The Balaban J connectivity index is 2.13. The third-order valence-electron chi connectivity index (χ3n) is 3.51. The van der Waals surface area contributed by atoms with Gasteiger partial charge in [0.1, 0.15) is 5.82 Å². The molecule has 0 bridgehead atoms. The maximum Gasteiger partial charge on any atom is 0.374 e. The second kappa shape index (κ2) is 6.39. The minimum absolute atomic E-state index is 0.162. The number of nitrogens with zero attached hydrogens (tertiary/aromatic N) is 2. The molecule has 1 aliphatic heterocycles. The minimum atomic E-state index is -1.11. The first-order valence-corrected chi connectivity index (χ1v) is 7.31. The van der Waals surface area contributed by atoms with Crippen LogP contribution in [0.15, 0.2) is 6.07 Å². The van der Waals surface area contributed by atoms with Crippen molar-refractivity contribution < 1.29 is 14.6 Å². The Kier molecular flexibility index (Phi) is 4.77. The monoisotopic (exact) mass is 293 g/mol. The van der Waals surface area contributed by atoms with E-state index < -0.39 is 5.97 Å². The number of carboxylic acid groups (broad SMARTS) is 1. The van der Waals surface area contributed by atoms with Crippen LogP contribution >= 0.6 is 0 Å². The third kappa shape index (κ3) is 4.39. The lowest BCUT2D eigenvalue weighted by molar-refractivity contribution is 0.0594. The van der Waals surface area contributed by atoms with Crippen LogP contribution in [0.25, 0.3) is 0 Å². The normalized spacial score (nSPS) is 19.3. The van der Waals surface area contributed by atoms with Crippen molar-refractivity contribution in [2.45, 2.75) is 39.0 Å². The first kappa shape index (κ1) is 15.7. The molecule has 2 N–H and O–H groups in total. The number of hydrogen-bond acceptors (Lipinski definition) is 5. The lowest BCUT2D eigenvalue weighted by Gasteiger charge is -2.23. The molecule has 0 aliphatic carbocycles. The highest BCUT2D eigenvalue weighted by Gasteiger charge is 2.21. The molecule has 1 unspecified atom stereocenters. The van der Waals surface area contributed by atoms with Gasteiger partial charge in [-0.05, 0) is 18.8 Å². The van der Waals surface area contributed by atoms with Crippen molar-refractivity contribution in [3.8, 4) is 0 Å². The van der Waals surface area contributed by atoms with Gasteiger partial charge >= 0.3 is 5.97 Å². The van der Waals surface area contributed by atoms with Crippen LogP contribution in [-0.4, -0.2) is 40.8 Å². The average Bonchev–Trinajstić information content (AvgIpc) is 2.45. The largest absolute Gasteiger partial charge is 0.475 e. The smallest absolute Gasteiger partial charge is 0.374 e. The van der Waals surface area contributed by atoms with E-state index in [1.54, 1.807) is 0 Å². The summed E-state index contributed by atoms with van der Waals surface area (Å²) in [7, 11) is 0. The standard InChI is InChI=1S/C15H23N3O3/c1-15(2,3)11-7-12(18-13(17-11)14(19)20)16-8-10-5-4-6-21-9-10/h7,10H,4-6,8-9H2,1-3H3,(H,19,20)(H,16,17,18). The predicted molar refractivity (Wildman–Crippen MR) is 79.7 cm³/mol. The Morgan fingerprint density at radius 1 is 1.48 bits per heavy atom. The van der Waals surface area contributed by atoms with E-state index in [1.807, 2.05) is 26.8 Å². The molecule has 1 saturated heterocycles. The molecule has 116 valence electrons. The van der Waals surface area contributed by atoms with E-state index in [9.17, 15) is 4.79 Å². The Bertz CT molecular complexity index is 505. The van der Waals surface area contributed by atoms with Gasteiger partial charge in [-0.2, -0.15) is 0 Å². The number of anilines is 1. The molecule has 6 nitrogen and oxygen atoms in total. The highest BCUT2D eigenvalue weighted by molar-refractivity contribution is 5.83. The Morgan fingerprint density at radius 2 is 2.24 bits per heavy atom. The van der Waals surface area contributed by atoms with Crippen LogP contribution < -0.4 is 5.32 Å². The Morgan fingerprint density at radius 3 is 2.81 bits per heavy atom. The van der Waals surface area contributed by atoms with Gasteiger partial charge in [0, 0.05) is 24.6 Å². The molecule has 1 aromatic heterocycles. The number of carbonyl (C=O) groups is 1. The lowest BCUT2D eigenvalue weighted by Crippen LogP contribution is -2.25. The van der Waals surface area contributed by atoms with Crippen LogP contribution in [0, 0.1) is 5.92 Å². The quantitative estimate of drug-likeness (QED) is 0.886. The van der Waals surface area contributed by atoms with Crippen LogP contribution in [0.5, 0.6) is 0 Å². The summed E-state index contributed by atoms with van der Waals surface area (Å²) in [5.74, 6) is -0.257. The van der Waals surface area contributed by atoms with Crippen LogP contribution in [-0.2, 0) is 10.2 Å². The molecule has 0 saturated carbocycles. The van der Waals surface area contributed by atoms with Gasteiger partial charge < -0.3 is 15.2 Å². The van der Waals surface area contributed by atoms with E-state index in [4.69, 9.17) is 9.84 Å². The molecule has 1 aliphatic rings. The second-order valence-corrected chi connectivity index (χ2v) is 6.48. The molecule has 1 fully saturated rings. The molecule has 0 radical (unpaired) electrons. The topological polar surface area (TPSA) is 84.3 Å². The van der Waals surface area contributed by atoms with Crippen molar-refractivity contribution in [1.82, 2.24) is 9.97 Å². The molecule has 0 spiro atoms. The highest BCUT2D eigenvalue weighted by Crippen LogP contribution is 2.23. The van der Waals surface area contributed by atoms with E-state index >= 15 is 0 Å². The summed E-state index contributed by atoms with van der Waals surface area (Å²) < 4.78 is 5.44. The zero-order valence-corrected chi connectivity index (χ0v) is 12.8. The maximum absolute atomic E-state index is 11.2. The van der Waals surface area contributed by atoms with Gasteiger partial charge in [-0.15, -0.1) is 0 Å². The summed E-state index contributed by atoms with van der Waals surface area (Å²) in [4.78, 5) is 19.4. The van der Waals surface area contributed by atoms with Crippen molar-refractivity contribution in [3.63, 3.8) is 0 Å². The number of aromatic carboxylic acids is 1. The zero-order chi connectivity index (χ0) is 15.5. The molecule has 0 amide bonds. The fraction of sp³-hybridized carbons (Fsp3) is 0.667. The number of hydrogen-bond donors (Lipinski definition) is 2. The maximum atomic E-state index is 11.2. The van der Waals surface area contributed by atoms with E-state index in [0.29, 0.717) is 11.7 Å². The van der Waals surface area contributed by atoms with Crippen molar-refractivity contribution in [1.29, 1.82) is 0 Å². The highest BCUT2D eigenvalue weighted by atomic mass is 16.5. The van der Waals surface area contributed by atoms with Crippen LogP contribution in [0.3, 0.4) is 0 Å². The molecular formula is C15H23N3O3. The predicted octanol–water partition coefficient (Wildman–Crippen LogP) is 2.31. The van der Waals surface area contributed by atoms with E-state index in [1.165, 1.54) is 0 Å². The number of carboxylic acids is 1. The van der Waals surface area contributed by atoms with E-state index in [0.717, 1.165) is 38.3 Å². The van der Waals surface area contributed by atoms with Crippen LogP contribution in [0.4, 0.5) is 5.82 Å². The van der Waals surface area contributed by atoms with Crippen molar-refractivity contribution in [2.75, 3.05) is 25.1 Å². The minimum Gasteiger partial charge on any atom is -0.475 e. The summed E-state index contributed by atoms with van der Waals surface area (Å²) in [6.45, 7) is 8.32. The van der Waals surface area contributed by atoms with Gasteiger partial charge in [0.15, 0.2) is 0 Å². The second-order valence-electron chi connectivity index (χ2n) is 6.48. The third-order valence-corrected chi connectivity index (χ3v) is 3.51. The molecular weight excluding hydrogens is 270 g/mol. The van der Waals surface area contributed by atoms with E-state index in [-0.39, 0.29) is 11.2 Å². The van der Waals surface area contributed by atoms with Crippen molar-refractivity contribution in [3.05, 3.63) is 17.6 Å². The number of nitrogens with one attached hydrogen (secondary N) is 1. The molecule has 1 aromatic rings. The van der Waals surface area contributed by atoms with Gasteiger partial charge in [-0.1, -0.05) is 20.8 Å². The van der Waals surface area contributed by atoms with Crippen LogP contribution in [0.1, 0.15) is 49.9 Å². The van der Waals surface area contributed by atoms with Crippen LogP contribution in [0.2, 0.25) is 0 Å². The molecule has 1 atom stereocenters. The summed E-state index contributed by atoms with van der Waals surface area (Å²) in [6, 6.07) is 1.83. The summed E-state index contributed by atoms with van der Waals surface area (Å²) >= 11 is 0. The van der Waals surface area contributed by atoms with Gasteiger partial charge in [-0.25, -0.2) is 14.8 Å². The van der Waals surface area contributed by atoms with Crippen molar-refractivity contribution >= 4 is 11.8 Å². The Labute approximate surface area is 124 Å².